The molecule has 11 rings (SSSR count). The van der Waals surface area contributed by atoms with Crippen LogP contribution in [0.25, 0.3) is 44.5 Å². The van der Waals surface area contributed by atoms with Gasteiger partial charge in [0.1, 0.15) is 0 Å². The number of fused-ring (bicyclic) bond motifs is 13. The third-order valence-corrected chi connectivity index (χ3v) is 12.3. The van der Waals surface area contributed by atoms with Crippen LogP contribution < -0.4 is 4.90 Å². The Hall–Kier alpha value is -6.44. The van der Waals surface area contributed by atoms with Crippen molar-refractivity contribution >= 4 is 17.1 Å². The molecule has 0 amide bonds. The molecule has 8 aromatic carbocycles. The number of rotatable bonds is 4. The van der Waals surface area contributed by atoms with Crippen molar-refractivity contribution in [3.63, 3.8) is 0 Å². The van der Waals surface area contributed by atoms with Crippen molar-refractivity contribution in [2.24, 2.45) is 0 Å². The van der Waals surface area contributed by atoms with E-state index >= 15 is 0 Å². The van der Waals surface area contributed by atoms with Crippen LogP contribution in [-0.4, -0.2) is 0 Å². The summed E-state index contributed by atoms with van der Waals surface area (Å²) in [4.78, 5) is 2.39. The molecule has 1 spiro atoms. The minimum atomic E-state index is -0.347. The largest absolute Gasteiger partial charge is 0.310 e. The highest BCUT2D eigenvalue weighted by Crippen LogP contribution is 2.63. The fraction of sp³-hybridized carbons (Fsp3) is 0.0769. The van der Waals surface area contributed by atoms with Gasteiger partial charge in [-0.15, -0.1) is 0 Å². The first kappa shape index (κ1) is 30.2. The second kappa shape index (κ2) is 11.0. The van der Waals surface area contributed by atoms with Crippen LogP contribution in [0.5, 0.6) is 0 Å². The molecule has 0 aromatic heterocycles. The van der Waals surface area contributed by atoms with E-state index in [1.807, 2.05) is 0 Å². The number of anilines is 3. The van der Waals surface area contributed by atoms with Crippen LogP contribution in [-0.2, 0) is 10.8 Å². The molecule has 3 aliphatic rings. The molecule has 0 aliphatic heterocycles. The van der Waals surface area contributed by atoms with E-state index in [4.69, 9.17) is 0 Å². The summed E-state index contributed by atoms with van der Waals surface area (Å²) in [6.45, 7) is 4.68. The van der Waals surface area contributed by atoms with Crippen molar-refractivity contribution in [1.29, 1.82) is 0 Å². The topological polar surface area (TPSA) is 3.24 Å². The smallest absolute Gasteiger partial charge is 0.0725 e. The minimum Gasteiger partial charge on any atom is -0.310 e. The highest BCUT2D eigenvalue weighted by atomic mass is 15.1. The molecule has 250 valence electrons. The molecule has 0 N–H and O–H groups in total. The molecule has 1 nitrogen and oxygen atoms in total. The van der Waals surface area contributed by atoms with Gasteiger partial charge in [0.15, 0.2) is 0 Å². The van der Waals surface area contributed by atoms with Crippen molar-refractivity contribution in [2.75, 3.05) is 4.90 Å². The fourth-order valence-electron chi connectivity index (χ4n) is 9.95. The van der Waals surface area contributed by atoms with Gasteiger partial charge in [-0.1, -0.05) is 159 Å². The molecule has 0 atom stereocenters. The summed E-state index contributed by atoms with van der Waals surface area (Å²) in [6, 6.07) is 70.0. The Balaban J connectivity index is 1.04. The average Bonchev–Trinajstić information content (AvgIpc) is 3.77. The van der Waals surface area contributed by atoms with E-state index in [2.05, 4.69) is 207 Å². The van der Waals surface area contributed by atoms with E-state index < -0.39 is 0 Å². The monoisotopic (exact) mass is 675 g/mol. The lowest BCUT2D eigenvalue weighted by Crippen LogP contribution is -2.25. The van der Waals surface area contributed by atoms with Gasteiger partial charge in [-0.05, 0) is 120 Å². The molecule has 0 unspecified atom stereocenters. The van der Waals surface area contributed by atoms with Gasteiger partial charge in [0.25, 0.3) is 0 Å². The van der Waals surface area contributed by atoms with Crippen LogP contribution >= 0.6 is 0 Å². The van der Waals surface area contributed by atoms with Gasteiger partial charge in [-0.2, -0.15) is 0 Å². The maximum absolute atomic E-state index is 2.47. The molecule has 1 heteroatoms. The van der Waals surface area contributed by atoms with Crippen molar-refractivity contribution < 1.29 is 0 Å². The Labute approximate surface area is 311 Å². The van der Waals surface area contributed by atoms with E-state index in [0.29, 0.717) is 0 Å². The average molecular weight is 676 g/mol. The summed E-state index contributed by atoms with van der Waals surface area (Å²) >= 11 is 0. The first-order chi connectivity index (χ1) is 26.0. The van der Waals surface area contributed by atoms with E-state index in [-0.39, 0.29) is 10.8 Å². The van der Waals surface area contributed by atoms with E-state index in [1.54, 1.807) is 0 Å². The van der Waals surface area contributed by atoms with Crippen LogP contribution in [0.15, 0.2) is 188 Å². The quantitative estimate of drug-likeness (QED) is 0.179. The standard InChI is InChI=1S/C52H37N/c1-51(2)45-20-10-6-19-42(45)44-33-38(29-31-46(44)51)53(36-14-4-3-5-15-36)37-27-24-34(25-28-37)35-26-30-43-41-18-9-13-23-49(41)52(50(43)32-35)47-21-11-7-16-39(47)40-17-8-12-22-48(40)52/h3-33H,1-2H3. The normalized spacial score (nSPS) is 14.5. The predicted molar refractivity (Wildman–Crippen MR) is 220 cm³/mol. The minimum absolute atomic E-state index is 0.0256. The zero-order chi connectivity index (χ0) is 35.3. The van der Waals surface area contributed by atoms with Crippen molar-refractivity contribution in [1.82, 2.24) is 0 Å². The molecule has 3 aliphatic carbocycles. The van der Waals surface area contributed by atoms with Crippen LogP contribution in [0, 0.1) is 0 Å². The predicted octanol–water partition coefficient (Wildman–Crippen LogP) is 13.5. The number of nitrogens with zero attached hydrogens (tertiary/aromatic N) is 1. The van der Waals surface area contributed by atoms with Gasteiger partial charge in [0, 0.05) is 22.5 Å². The molecular weight excluding hydrogens is 639 g/mol. The Morgan fingerprint density at radius 1 is 0.302 bits per heavy atom. The zero-order valence-corrected chi connectivity index (χ0v) is 29.8. The van der Waals surface area contributed by atoms with Crippen molar-refractivity contribution in [2.45, 2.75) is 24.7 Å². The van der Waals surface area contributed by atoms with Crippen LogP contribution in [0.1, 0.15) is 47.2 Å². The first-order valence-corrected chi connectivity index (χ1v) is 18.7. The third kappa shape index (κ3) is 4.08. The van der Waals surface area contributed by atoms with E-state index in [9.17, 15) is 0 Å². The second-order valence-corrected chi connectivity index (χ2v) is 15.3. The van der Waals surface area contributed by atoms with E-state index in [0.717, 1.165) is 17.1 Å². The van der Waals surface area contributed by atoms with Crippen molar-refractivity contribution in [3.05, 3.63) is 221 Å². The number of hydrogen-bond donors (Lipinski definition) is 0. The summed E-state index contributed by atoms with van der Waals surface area (Å²) in [5.41, 5.74) is 21.7. The molecular formula is C52H37N. The maximum atomic E-state index is 2.47. The second-order valence-electron chi connectivity index (χ2n) is 15.3. The molecule has 53 heavy (non-hydrogen) atoms. The molecule has 0 fully saturated rings. The van der Waals surface area contributed by atoms with E-state index in [1.165, 1.54) is 77.9 Å². The maximum Gasteiger partial charge on any atom is 0.0725 e. The highest BCUT2D eigenvalue weighted by molar-refractivity contribution is 5.96. The molecule has 0 bridgehead atoms. The summed E-state index contributed by atoms with van der Waals surface area (Å²) in [7, 11) is 0. The first-order valence-electron chi connectivity index (χ1n) is 18.7. The Morgan fingerprint density at radius 2 is 0.736 bits per heavy atom. The Bertz CT molecular complexity index is 2690. The van der Waals surface area contributed by atoms with Gasteiger partial charge < -0.3 is 4.90 Å². The SMILES string of the molecule is CC1(C)c2ccccc2-c2cc(N(c3ccccc3)c3ccc(-c4ccc5c(c4)C4(c6ccccc6-c6ccccc64)c4ccccc4-5)cc3)ccc21. The Kier molecular flexibility index (Phi) is 6.29. The zero-order valence-electron chi connectivity index (χ0n) is 29.8. The lowest BCUT2D eigenvalue weighted by molar-refractivity contribution is 0.660. The lowest BCUT2D eigenvalue weighted by atomic mass is 9.70. The molecule has 8 aromatic rings. The Morgan fingerprint density at radius 3 is 1.34 bits per heavy atom. The highest BCUT2D eigenvalue weighted by Gasteiger charge is 2.51. The molecule has 0 heterocycles. The third-order valence-electron chi connectivity index (χ3n) is 12.3. The van der Waals surface area contributed by atoms with Crippen LogP contribution in [0.4, 0.5) is 17.1 Å². The van der Waals surface area contributed by atoms with Crippen LogP contribution in [0.3, 0.4) is 0 Å². The fourth-order valence-corrected chi connectivity index (χ4v) is 9.95. The van der Waals surface area contributed by atoms with Crippen LogP contribution in [0.2, 0.25) is 0 Å². The molecule has 0 saturated carbocycles. The number of benzene rings is 8. The van der Waals surface area contributed by atoms with Gasteiger partial charge in [0.05, 0.1) is 5.41 Å². The number of para-hydroxylation sites is 1. The van der Waals surface area contributed by atoms with Crippen molar-refractivity contribution in [3.8, 4) is 44.5 Å². The summed E-state index contributed by atoms with van der Waals surface area (Å²) < 4.78 is 0. The summed E-state index contributed by atoms with van der Waals surface area (Å²) in [5, 5.41) is 0. The molecule has 0 radical (unpaired) electrons. The molecule has 0 saturated heterocycles. The number of hydrogen-bond acceptors (Lipinski definition) is 1. The lowest BCUT2D eigenvalue weighted by Gasteiger charge is -2.30. The van der Waals surface area contributed by atoms with Gasteiger partial charge in [-0.25, -0.2) is 0 Å². The summed E-state index contributed by atoms with van der Waals surface area (Å²) in [6.07, 6.45) is 0. The summed E-state index contributed by atoms with van der Waals surface area (Å²) in [5.74, 6) is 0. The van der Waals surface area contributed by atoms with Gasteiger partial charge in [0.2, 0.25) is 0 Å². The van der Waals surface area contributed by atoms with Gasteiger partial charge >= 0.3 is 0 Å². The van der Waals surface area contributed by atoms with Gasteiger partial charge in [-0.3, -0.25) is 0 Å².